The van der Waals surface area contributed by atoms with Gasteiger partial charge in [0.05, 0.1) is 10.6 Å². The van der Waals surface area contributed by atoms with E-state index in [1.807, 2.05) is 27.7 Å². The molecule has 0 saturated carbocycles. The molecule has 2 aromatic heterocycles. The average molecular weight is 309 g/mol. The molecule has 0 bridgehead atoms. The molecule has 0 unspecified atom stereocenters. The van der Waals surface area contributed by atoms with Gasteiger partial charge in [0.15, 0.2) is 5.13 Å². The molecule has 8 heteroatoms. The number of nitrogen functional groups attached to an aromatic ring is 1. The molecule has 2 heterocycles. The van der Waals surface area contributed by atoms with E-state index in [1.165, 1.54) is 11.3 Å². The number of aromatic nitrogens is 3. The number of ether oxygens (including phenoxy) is 1. The molecule has 1 amide bonds. The van der Waals surface area contributed by atoms with Gasteiger partial charge in [0.2, 0.25) is 0 Å². The highest BCUT2D eigenvalue weighted by atomic mass is 32.1. The summed E-state index contributed by atoms with van der Waals surface area (Å²) in [4.78, 5) is 16.9. The summed E-state index contributed by atoms with van der Waals surface area (Å²) >= 11 is 1.33. The van der Waals surface area contributed by atoms with Gasteiger partial charge in [-0.3, -0.25) is 10.00 Å². The van der Waals surface area contributed by atoms with Crippen molar-refractivity contribution in [1.29, 1.82) is 0 Å². The lowest BCUT2D eigenvalue weighted by molar-refractivity contribution is 0.0636. The molecule has 3 N–H and O–H groups in total. The van der Waals surface area contributed by atoms with E-state index in [1.54, 1.807) is 17.8 Å². The number of amides is 1. The highest BCUT2D eigenvalue weighted by molar-refractivity contribution is 7.19. The van der Waals surface area contributed by atoms with Crippen molar-refractivity contribution in [2.24, 2.45) is 7.05 Å². The summed E-state index contributed by atoms with van der Waals surface area (Å²) < 4.78 is 6.79. The Morgan fingerprint density at radius 1 is 1.48 bits per heavy atom. The standard InChI is InChI=1S/C13H19N5O2S/c1-7-10(8-6-9(14)18(5)17-8)21-11(15-7)16-12(19)20-13(2,3)4/h6H,14H2,1-5H3,(H,15,16,19). The molecule has 0 saturated heterocycles. The smallest absolute Gasteiger partial charge is 0.413 e. The van der Waals surface area contributed by atoms with E-state index in [2.05, 4.69) is 15.4 Å². The Balaban J connectivity index is 2.18. The van der Waals surface area contributed by atoms with Gasteiger partial charge < -0.3 is 10.5 Å². The zero-order valence-corrected chi connectivity index (χ0v) is 13.5. The number of rotatable bonds is 2. The summed E-state index contributed by atoms with van der Waals surface area (Å²) in [5.41, 5.74) is 6.75. The van der Waals surface area contributed by atoms with E-state index < -0.39 is 11.7 Å². The Morgan fingerprint density at radius 2 is 2.14 bits per heavy atom. The van der Waals surface area contributed by atoms with Crippen LogP contribution in [0, 0.1) is 6.92 Å². The number of hydrogen-bond donors (Lipinski definition) is 2. The predicted molar refractivity (Wildman–Crippen MR) is 83.3 cm³/mol. The molecule has 0 fully saturated rings. The molecule has 0 atom stereocenters. The van der Waals surface area contributed by atoms with Gasteiger partial charge in [-0.25, -0.2) is 9.78 Å². The van der Waals surface area contributed by atoms with E-state index in [-0.39, 0.29) is 0 Å². The van der Waals surface area contributed by atoms with Crippen molar-refractivity contribution in [3.63, 3.8) is 0 Å². The zero-order valence-electron chi connectivity index (χ0n) is 12.7. The second-order valence-corrected chi connectivity index (χ2v) is 6.64. The van der Waals surface area contributed by atoms with Crippen LogP contribution < -0.4 is 11.1 Å². The quantitative estimate of drug-likeness (QED) is 0.889. The second kappa shape index (κ2) is 5.36. The van der Waals surface area contributed by atoms with Gasteiger partial charge in [-0.2, -0.15) is 5.10 Å². The van der Waals surface area contributed by atoms with E-state index in [0.29, 0.717) is 10.9 Å². The number of nitrogens with two attached hydrogens (primary N) is 1. The van der Waals surface area contributed by atoms with Gasteiger partial charge in [0.1, 0.15) is 17.1 Å². The topological polar surface area (TPSA) is 95.1 Å². The fourth-order valence-corrected chi connectivity index (χ4v) is 2.58. The molecule has 114 valence electrons. The summed E-state index contributed by atoms with van der Waals surface area (Å²) in [6, 6.07) is 1.78. The highest BCUT2D eigenvalue weighted by Crippen LogP contribution is 2.32. The molecule has 2 aromatic rings. The van der Waals surface area contributed by atoms with Crippen molar-refractivity contribution in [3.8, 4) is 10.6 Å². The monoisotopic (exact) mass is 309 g/mol. The SMILES string of the molecule is Cc1nc(NC(=O)OC(C)(C)C)sc1-c1cc(N)n(C)n1. The Labute approximate surface area is 127 Å². The lowest BCUT2D eigenvalue weighted by atomic mass is 10.2. The maximum Gasteiger partial charge on any atom is 0.413 e. The van der Waals surface area contributed by atoms with E-state index in [9.17, 15) is 4.79 Å². The van der Waals surface area contributed by atoms with Crippen LogP contribution in [0.3, 0.4) is 0 Å². The number of thiazole rings is 1. The number of hydrogen-bond acceptors (Lipinski definition) is 6. The molecule has 0 aliphatic carbocycles. The molecule has 2 rings (SSSR count). The Hall–Kier alpha value is -2.09. The molecule has 0 spiro atoms. The van der Waals surface area contributed by atoms with Crippen molar-refractivity contribution in [2.75, 3.05) is 11.1 Å². The van der Waals surface area contributed by atoms with Crippen molar-refractivity contribution in [1.82, 2.24) is 14.8 Å². The van der Waals surface area contributed by atoms with Crippen molar-refractivity contribution < 1.29 is 9.53 Å². The summed E-state index contributed by atoms with van der Waals surface area (Å²) in [5, 5.41) is 7.42. The van der Waals surface area contributed by atoms with Crippen LogP contribution in [0.15, 0.2) is 6.07 Å². The molecule has 0 aliphatic heterocycles. The lowest BCUT2D eigenvalue weighted by Crippen LogP contribution is -2.27. The third-order valence-corrected chi connectivity index (χ3v) is 3.65. The minimum Gasteiger partial charge on any atom is -0.444 e. The largest absolute Gasteiger partial charge is 0.444 e. The normalized spacial score (nSPS) is 11.5. The average Bonchev–Trinajstić information content (AvgIpc) is 2.80. The number of carbonyl (C=O) groups is 1. The first kappa shape index (κ1) is 15.3. The van der Waals surface area contributed by atoms with Crippen LogP contribution in [-0.2, 0) is 11.8 Å². The first-order chi connectivity index (χ1) is 9.65. The molecule has 7 nitrogen and oxygen atoms in total. The van der Waals surface area contributed by atoms with E-state index in [4.69, 9.17) is 10.5 Å². The highest BCUT2D eigenvalue weighted by Gasteiger charge is 2.19. The second-order valence-electron chi connectivity index (χ2n) is 5.64. The van der Waals surface area contributed by atoms with Gasteiger partial charge in [0.25, 0.3) is 0 Å². The molecule has 0 aliphatic rings. The molecular weight excluding hydrogens is 290 g/mol. The maximum absolute atomic E-state index is 11.7. The predicted octanol–water partition coefficient (Wildman–Crippen LogP) is 2.78. The van der Waals surface area contributed by atoms with Crippen LogP contribution in [-0.4, -0.2) is 26.5 Å². The molecule has 0 radical (unpaired) electrons. The van der Waals surface area contributed by atoms with Crippen LogP contribution in [0.2, 0.25) is 0 Å². The van der Waals surface area contributed by atoms with Gasteiger partial charge in [-0.15, -0.1) is 0 Å². The van der Waals surface area contributed by atoms with Crippen molar-refractivity contribution in [3.05, 3.63) is 11.8 Å². The first-order valence-electron chi connectivity index (χ1n) is 6.43. The van der Waals surface area contributed by atoms with Crippen molar-refractivity contribution >= 4 is 28.4 Å². The minimum atomic E-state index is -0.547. The number of aryl methyl sites for hydroxylation is 2. The third-order valence-electron chi connectivity index (χ3n) is 2.55. The van der Waals surface area contributed by atoms with Gasteiger partial charge in [0, 0.05) is 13.1 Å². The molecular formula is C13H19N5O2S. The Bertz CT molecular complexity index is 649. The fraction of sp³-hybridized carbons (Fsp3) is 0.462. The van der Waals surface area contributed by atoms with Crippen molar-refractivity contribution in [2.45, 2.75) is 33.3 Å². The summed E-state index contributed by atoms with van der Waals surface area (Å²) in [6.07, 6.45) is -0.525. The van der Waals surface area contributed by atoms with E-state index in [0.717, 1.165) is 16.3 Å². The van der Waals surface area contributed by atoms with Crippen LogP contribution in [0.1, 0.15) is 26.5 Å². The third kappa shape index (κ3) is 3.72. The summed E-state index contributed by atoms with van der Waals surface area (Å²) in [6.45, 7) is 7.28. The Morgan fingerprint density at radius 3 is 2.67 bits per heavy atom. The van der Waals surface area contributed by atoms with Gasteiger partial charge in [-0.05, 0) is 27.7 Å². The number of carbonyl (C=O) groups excluding carboxylic acids is 1. The number of anilines is 2. The first-order valence-corrected chi connectivity index (χ1v) is 7.24. The zero-order chi connectivity index (χ0) is 15.8. The number of nitrogens with one attached hydrogen (secondary N) is 1. The van der Waals surface area contributed by atoms with Gasteiger partial charge in [-0.1, -0.05) is 11.3 Å². The number of nitrogens with zero attached hydrogens (tertiary/aromatic N) is 3. The molecule has 0 aromatic carbocycles. The van der Waals surface area contributed by atoms with Crippen LogP contribution in [0.5, 0.6) is 0 Å². The summed E-state index contributed by atoms with van der Waals surface area (Å²) in [7, 11) is 1.77. The minimum absolute atomic E-state index is 0.473. The van der Waals surface area contributed by atoms with E-state index >= 15 is 0 Å². The molecule has 21 heavy (non-hydrogen) atoms. The van der Waals surface area contributed by atoms with Crippen LogP contribution in [0.25, 0.3) is 10.6 Å². The van der Waals surface area contributed by atoms with Gasteiger partial charge >= 0.3 is 6.09 Å². The Kier molecular flexibility index (Phi) is 3.91. The fourth-order valence-electron chi connectivity index (χ4n) is 1.67. The van der Waals surface area contributed by atoms with Crippen LogP contribution >= 0.6 is 11.3 Å². The lowest BCUT2D eigenvalue weighted by Gasteiger charge is -2.18. The summed E-state index contributed by atoms with van der Waals surface area (Å²) in [5.74, 6) is 0.569. The maximum atomic E-state index is 11.7. The van der Waals surface area contributed by atoms with Crippen LogP contribution in [0.4, 0.5) is 15.7 Å².